The Morgan fingerprint density at radius 2 is 2.33 bits per heavy atom. The predicted molar refractivity (Wildman–Crippen MR) is 77.2 cm³/mol. The third kappa shape index (κ3) is 3.29. The van der Waals surface area contributed by atoms with Crippen molar-refractivity contribution in [1.29, 1.82) is 0 Å². The second-order valence-electron chi connectivity index (χ2n) is 5.18. The van der Waals surface area contributed by atoms with Crippen LogP contribution >= 0.6 is 0 Å². The summed E-state index contributed by atoms with van der Waals surface area (Å²) in [6.45, 7) is 2.36. The number of anilines is 1. The Labute approximate surface area is 123 Å². The molecule has 21 heavy (non-hydrogen) atoms. The molecule has 1 fully saturated rings. The maximum atomic E-state index is 11.5. The Bertz CT molecular complexity index is 547. The van der Waals surface area contributed by atoms with Crippen molar-refractivity contribution in [3.63, 3.8) is 0 Å². The van der Waals surface area contributed by atoms with E-state index in [1.807, 2.05) is 4.90 Å². The third-order valence-electron chi connectivity index (χ3n) is 3.82. The number of piperidine rings is 1. The first-order valence-corrected chi connectivity index (χ1v) is 6.98. The van der Waals surface area contributed by atoms with Crippen LogP contribution in [0.2, 0.25) is 0 Å². The molecule has 1 aliphatic heterocycles. The number of pyridine rings is 1. The van der Waals surface area contributed by atoms with Gasteiger partial charge in [0.1, 0.15) is 0 Å². The Morgan fingerprint density at radius 3 is 3.00 bits per heavy atom. The third-order valence-corrected chi connectivity index (χ3v) is 3.82. The van der Waals surface area contributed by atoms with Crippen LogP contribution in [0.5, 0.6) is 0 Å². The van der Waals surface area contributed by atoms with Crippen LogP contribution in [0.4, 0.5) is 11.5 Å². The number of nitro groups is 1. The fourth-order valence-corrected chi connectivity index (χ4v) is 2.74. The van der Waals surface area contributed by atoms with Crippen LogP contribution in [0, 0.1) is 17.0 Å². The summed E-state index contributed by atoms with van der Waals surface area (Å²) in [6.07, 6.45) is 4.54. The molecular formula is C14H19N3O4. The van der Waals surface area contributed by atoms with Gasteiger partial charge in [-0.3, -0.25) is 14.9 Å². The quantitative estimate of drug-likeness (QED) is 0.480. The molecule has 1 aliphatic rings. The van der Waals surface area contributed by atoms with E-state index in [1.165, 1.54) is 7.11 Å². The molecule has 1 unspecified atom stereocenters. The van der Waals surface area contributed by atoms with E-state index in [-0.39, 0.29) is 24.1 Å². The van der Waals surface area contributed by atoms with Crippen molar-refractivity contribution in [1.82, 2.24) is 4.98 Å². The molecular weight excluding hydrogens is 274 g/mol. The van der Waals surface area contributed by atoms with Crippen molar-refractivity contribution >= 4 is 17.5 Å². The van der Waals surface area contributed by atoms with E-state index in [1.54, 1.807) is 19.2 Å². The number of esters is 1. The zero-order valence-electron chi connectivity index (χ0n) is 12.2. The highest BCUT2D eigenvalue weighted by Crippen LogP contribution is 2.34. The van der Waals surface area contributed by atoms with Crippen molar-refractivity contribution in [2.75, 3.05) is 18.6 Å². The highest BCUT2D eigenvalue weighted by atomic mass is 16.6. The fourth-order valence-electron chi connectivity index (χ4n) is 2.74. The van der Waals surface area contributed by atoms with Crippen LogP contribution in [0.3, 0.4) is 0 Å². The number of hydrogen-bond acceptors (Lipinski definition) is 6. The van der Waals surface area contributed by atoms with Crippen molar-refractivity contribution in [2.45, 2.75) is 38.6 Å². The first kappa shape index (κ1) is 15.2. The van der Waals surface area contributed by atoms with Crippen LogP contribution in [0.15, 0.2) is 12.3 Å². The number of ether oxygens (including phenoxy) is 1. The molecule has 2 rings (SSSR count). The van der Waals surface area contributed by atoms with Gasteiger partial charge < -0.3 is 9.64 Å². The van der Waals surface area contributed by atoms with Gasteiger partial charge in [-0.2, -0.15) is 0 Å². The Morgan fingerprint density at radius 1 is 1.57 bits per heavy atom. The largest absolute Gasteiger partial charge is 0.469 e. The van der Waals surface area contributed by atoms with Crippen molar-refractivity contribution in [3.05, 3.63) is 27.9 Å². The molecule has 0 radical (unpaired) electrons. The summed E-state index contributed by atoms with van der Waals surface area (Å²) in [5, 5.41) is 11.3. The van der Waals surface area contributed by atoms with Gasteiger partial charge in [-0.1, -0.05) is 0 Å². The standard InChI is InChI=1S/C14H19N3O4/c1-10-6-7-15-14(13(10)17(19)20)16-8-4-3-5-11(16)9-12(18)21-2/h6-7,11H,3-5,8-9H2,1-2H3. The first-order chi connectivity index (χ1) is 10.0. The lowest BCUT2D eigenvalue weighted by Crippen LogP contribution is -2.42. The number of aryl methyl sites for hydroxylation is 1. The Balaban J connectivity index is 2.35. The van der Waals surface area contributed by atoms with E-state index in [4.69, 9.17) is 4.74 Å². The molecule has 0 amide bonds. The molecule has 0 aromatic carbocycles. The summed E-state index contributed by atoms with van der Waals surface area (Å²) in [4.78, 5) is 28.5. The van der Waals surface area contributed by atoms with Crippen LogP contribution in [0.25, 0.3) is 0 Å². The van der Waals surface area contributed by atoms with Crippen molar-refractivity contribution < 1.29 is 14.5 Å². The van der Waals surface area contributed by atoms with Gasteiger partial charge in [-0.25, -0.2) is 4.98 Å². The fraction of sp³-hybridized carbons (Fsp3) is 0.571. The molecule has 2 heterocycles. The van der Waals surface area contributed by atoms with Gasteiger partial charge in [-0.15, -0.1) is 0 Å². The smallest absolute Gasteiger partial charge is 0.314 e. The summed E-state index contributed by atoms with van der Waals surface area (Å²) in [7, 11) is 1.35. The number of carbonyl (C=O) groups excluding carboxylic acids is 1. The maximum Gasteiger partial charge on any atom is 0.314 e. The van der Waals surface area contributed by atoms with E-state index in [9.17, 15) is 14.9 Å². The molecule has 0 saturated carbocycles. The SMILES string of the molecule is COC(=O)CC1CCCCN1c1nccc(C)c1[N+](=O)[O-]. The molecule has 0 N–H and O–H groups in total. The average molecular weight is 293 g/mol. The van der Waals surface area contributed by atoms with Crippen LogP contribution in [-0.4, -0.2) is 35.6 Å². The second-order valence-corrected chi connectivity index (χ2v) is 5.18. The van der Waals surface area contributed by atoms with Gasteiger partial charge in [0.25, 0.3) is 0 Å². The van der Waals surface area contributed by atoms with Gasteiger partial charge in [0.2, 0.25) is 5.82 Å². The normalized spacial score (nSPS) is 18.4. The summed E-state index contributed by atoms with van der Waals surface area (Å²) in [5.74, 6) is 0.0517. The molecule has 114 valence electrons. The van der Waals surface area contributed by atoms with Crippen molar-refractivity contribution in [2.24, 2.45) is 0 Å². The van der Waals surface area contributed by atoms with Gasteiger partial charge in [0.15, 0.2) is 0 Å². The second kappa shape index (κ2) is 6.51. The van der Waals surface area contributed by atoms with E-state index in [2.05, 4.69) is 4.98 Å². The number of aromatic nitrogens is 1. The number of nitrogens with zero attached hydrogens (tertiary/aromatic N) is 3. The van der Waals surface area contributed by atoms with E-state index >= 15 is 0 Å². The lowest BCUT2D eigenvalue weighted by atomic mass is 9.99. The Hall–Kier alpha value is -2.18. The van der Waals surface area contributed by atoms with E-state index < -0.39 is 4.92 Å². The van der Waals surface area contributed by atoms with Crippen LogP contribution < -0.4 is 4.90 Å². The average Bonchev–Trinajstić information content (AvgIpc) is 2.47. The van der Waals surface area contributed by atoms with Gasteiger partial charge in [0.05, 0.1) is 18.5 Å². The Kier molecular flexibility index (Phi) is 4.72. The van der Waals surface area contributed by atoms with Crippen LogP contribution in [-0.2, 0) is 9.53 Å². The lowest BCUT2D eigenvalue weighted by molar-refractivity contribution is -0.385. The summed E-state index contributed by atoms with van der Waals surface area (Å²) < 4.78 is 4.72. The highest BCUT2D eigenvalue weighted by Gasteiger charge is 2.31. The number of rotatable bonds is 4. The molecule has 1 aromatic rings. The lowest BCUT2D eigenvalue weighted by Gasteiger charge is -2.35. The van der Waals surface area contributed by atoms with Gasteiger partial charge in [-0.05, 0) is 32.3 Å². The topological polar surface area (TPSA) is 85.6 Å². The molecule has 7 nitrogen and oxygen atoms in total. The zero-order valence-corrected chi connectivity index (χ0v) is 12.2. The van der Waals surface area contributed by atoms with Crippen LogP contribution in [0.1, 0.15) is 31.2 Å². The van der Waals surface area contributed by atoms with Gasteiger partial charge in [0, 0.05) is 24.3 Å². The van der Waals surface area contributed by atoms with Gasteiger partial charge >= 0.3 is 11.7 Å². The molecule has 1 saturated heterocycles. The monoisotopic (exact) mass is 293 g/mol. The molecule has 0 spiro atoms. The first-order valence-electron chi connectivity index (χ1n) is 6.98. The summed E-state index contributed by atoms with van der Waals surface area (Å²) >= 11 is 0. The minimum atomic E-state index is -0.401. The number of methoxy groups -OCH3 is 1. The molecule has 0 aliphatic carbocycles. The minimum absolute atomic E-state index is 0.0225. The molecule has 1 aromatic heterocycles. The molecule has 0 bridgehead atoms. The van der Waals surface area contributed by atoms with Crippen molar-refractivity contribution in [3.8, 4) is 0 Å². The highest BCUT2D eigenvalue weighted by molar-refractivity contribution is 5.71. The number of hydrogen-bond donors (Lipinski definition) is 0. The van der Waals surface area contributed by atoms with E-state index in [0.29, 0.717) is 17.9 Å². The number of carbonyl (C=O) groups is 1. The van der Waals surface area contributed by atoms with E-state index in [0.717, 1.165) is 19.3 Å². The predicted octanol–water partition coefficient (Wildman–Crippen LogP) is 2.22. The zero-order chi connectivity index (χ0) is 15.4. The summed E-state index contributed by atoms with van der Waals surface area (Å²) in [5.41, 5.74) is 0.599. The molecule has 7 heteroatoms. The summed E-state index contributed by atoms with van der Waals surface area (Å²) in [6, 6.07) is 1.53. The minimum Gasteiger partial charge on any atom is -0.469 e. The maximum absolute atomic E-state index is 11.5. The molecule has 1 atom stereocenters.